The second-order valence-corrected chi connectivity index (χ2v) is 8.33. The Kier molecular flexibility index (Phi) is 9.54. The van der Waals surface area contributed by atoms with Crippen LogP contribution in [0.1, 0.15) is 0 Å². The summed E-state index contributed by atoms with van der Waals surface area (Å²) >= 11 is 0. The van der Waals surface area contributed by atoms with Crippen LogP contribution in [0.5, 0.6) is 0 Å². The highest BCUT2D eigenvalue weighted by atomic mass is 16.7. The first-order valence-corrected chi connectivity index (χ1v) is 10.6. The molecule has 0 amide bonds. The minimum Gasteiger partial charge on any atom is -0.394 e. The van der Waals surface area contributed by atoms with Crippen LogP contribution in [0.15, 0.2) is 0 Å². The molecule has 200 valence electrons. The molecule has 15 atom stereocenters. The topological polar surface area (TPSA) is 269 Å². The Hall–Kier alpha value is -0.640. The minimum atomic E-state index is -1.93. The van der Waals surface area contributed by atoms with Gasteiger partial charge in [-0.25, -0.2) is 0 Å². The third kappa shape index (κ3) is 5.37. The maximum atomic E-state index is 10.6. The molecule has 0 aromatic carbocycles. The lowest BCUT2D eigenvalue weighted by molar-refractivity contribution is -0.378. The lowest BCUT2D eigenvalue weighted by Gasteiger charge is -2.47. The average Bonchev–Trinajstić information content (AvgIpc) is 2.83. The van der Waals surface area contributed by atoms with Gasteiger partial charge >= 0.3 is 0 Å². The molecule has 0 aliphatic carbocycles. The molecule has 0 radical (unpaired) electrons. The molecule has 16 nitrogen and oxygen atoms in total. The third-order valence-corrected chi connectivity index (χ3v) is 6.09. The summed E-state index contributed by atoms with van der Waals surface area (Å²) < 4.78 is 26.2. The van der Waals surface area contributed by atoms with E-state index in [2.05, 4.69) is 0 Å². The lowest BCUT2D eigenvalue weighted by Crippen LogP contribution is -2.66. The standard InChI is InChI=1S/C18H32O16/c19-1-4-7(22)9(24)11(26)17(31-4)33-14-6(3-21)32-18(12(27)10(14)25)34-15-8(23)5(2-20)30-16(29)13(15)28/h4-29H,1-3H2/t4-,5-,6-,7+,8+,9+,10-,11-,12-,13-,14-,15+,16-,17+,18+/m1/s1. The largest absolute Gasteiger partial charge is 0.394 e. The first-order chi connectivity index (χ1) is 16.0. The Balaban J connectivity index is 1.72. The van der Waals surface area contributed by atoms with Gasteiger partial charge in [0.05, 0.1) is 19.8 Å². The summed E-state index contributed by atoms with van der Waals surface area (Å²) in [4.78, 5) is 0. The molecule has 3 saturated heterocycles. The predicted octanol–water partition coefficient (Wildman–Crippen LogP) is -7.57. The second kappa shape index (κ2) is 11.6. The minimum absolute atomic E-state index is 0.740. The fraction of sp³-hybridized carbons (Fsp3) is 1.00. The Labute approximate surface area is 192 Å². The summed E-state index contributed by atoms with van der Waals surface area (Å²) in [6, 6.07) is 0. The molecular weight excluding hydrogens is 472 g/mol. The maximum absolute atomic E-state index is 10.6. The van der Waals surface area contributed by atoms with E-state index >= 15 is 0 Å². The molecule has 3 aliphatic rings. The van der Waals surface area contributed by atoms with Gasteiger partial charge in [-0.15, -0.1) is 0 Å². The zero-order valence-corrected chi connectivity index (χ0v) is 17.7. The molecule has 0 bridgehead atoms. The van der Waals surface area contributed by atoms with Crippen LogP contribution in [0.3, 0.4) is 0 Å². The summed E-state index contributed by atoms with van der Waals surface area (Å²) in [5.74, 6) is 0. The summed E-state index contributed by atoms with van der Waals surface area (Å²) in [6.07, 6.45) is -25.3. The van der Waals surface area contributed by atoms with E-state index in [9.17, 15) is 56.2 Å². The summed E-state index contributed by atoms with van der Waals surface area (Å²) in [6.45, 7) is -2.31. The predicted molar refractivity (Wildman–Crippen MR) is 101 cm³/mol. The van der Waals surface area contributed by atoms with Crippen LogP contribution in [0.4, 0.5) is 0 Å². The van der Waals surface area contributed by atoms with Crippen molar-refractivity contribution in [3.63, 3.8) is 0 Å². The number of rotatable bonds is 7. The Morgan fingerprint density at radius 2 is 0.912 bits per heavy atom. The van der Waals surface area contributed by atoms with Crippen molar-refractivity contribution in [1.82, 2.24) is 0 Å². The molecule has 0 aromatic heterocycles. The van der Waals surface area contributed by atoms with Crippen molar-refractivity contribution in [1.29, 1.82) is 0 Å². The van der Waals surface area contributed by atoms with Gasteiger partial charge < -0.3 is 79.9 Å². The van der Waals surface area contributed by atoms with Crippen LogP contribution in [0.25, 0.3) is 0 Å². The van der Waals surface area contributed by atoms with Crippen molar-refractivity contribution in [2.75, 3.05) is 19.8 Å². The van der Waals surface area contributed by atoms with Gasteiger partial charge in [0.15, 0.2) is 18.9 Å². The molecule has 3 heterocycles. The molecule has 0 spiro atoms. The van der Waals surface area contributed by atoms with Gasteiger partial charge in [0.2, 0.25) is 0 Å². The second-order valence-electron chi connectivity index (χ2n) is 8.33. The van der Waals surface area contributed by atoms with E-state index in [4.69, 9.17) is 23.7 Å². The highest BCUT2D eigenvalue weighted by Crippen LogP contribution is 2.32. The van der Waals surface area contributed by atoms with E-state index in [0.717, 1.165) is 0 Å². The highest BCUT2D eigenvalue weighted by molar-refractivity contribution is 4.96. The summed E-state index contributed by atoms with van der Waals surface area (Å²) in [5, 5.41) is 109. The molecule has 0 unspecified atom stereocenters. The first kappa shape index (κ1) is 27.9. The van der Waals surface area contributed by atoms with E-state index in [0.29, 0.717) is 0 Å². The Morgan fingerprint density at radius 1 is 0.441 bits per heavy atom. The van der Waals surface area contributed by atoms with Gasteiger partial charge in [-0.05, 0) is 0 Å². The van der Waals surface area contributed by atoms with Crippen molar-refractivity contribution in [2.24, 2.45) is 0 Å². The smallest absolute Gasteiger partial charge is 0.187 e. The van der Waals surface area contributed by atoms with Crippen molar-refractivity contribution in [3.8, 4) is 0 Å². The van der Waals surface area contributed by atoms with Gasteiger partial charge in [0.1, 0.15) is 73.2 Å². The molecule has 34 heavy (non-hydrogen) atoms. The fourth-order valence-corrected chi connectivity index (χ4v) is 4.05. The zero-order chi connectivity index (χ0) is 25.3. The summed E-state index contributed by atoms with van der Waals surface area (Å²) in [7, 11) is 0. The monoisotopic (exact) mass is 504 g/mol. The van der Waals surface area contributed by atoms with E-state index in [1.807, 2.05) is 0 Å². The molecule has 11 N–H and O–H groups in total. The normalized spacial score (nSPS) is 52.5. The Morgan fingerprint density at radius 3 is 1.47 bits per heavy atom. The molecule has 3 aliphatic heterocycles. The van der Waals surface area contributed by atoms with Crippen LogP contribution in [0.2, 0.25) is 0 Å². The quantitative estimate of drug-likeness (QED) is 0.154. The van der Waals surface area contributed by atoms with Crippen LogP contribution in [-0.4, -0.2) is 168 Å². The molecule has 0 aromatic rings. The van der Waals surface area contributed by atoms with Crippen LogP contribution < -0.4 is 0 Å². The number of aliphatic hydroxyl groups excluding tert-OH is 11. The fourth-order valence-electron chi connectivity index (χ4n) is 4.05. The molecule has 3 fully saturated rings. The number of hydrogen-bond donors (Lipinski definition) is 11. The maximum Gasteiger partial charge on any atom is 0.187 e. The average molecular weight is 504 g/mol. The number of aliphatic hydroxyl groups is 11. The van der Waals surface area contributed by atoms with Gasteiger partial charge in [0, 0.05) is 0 Å². The number of hydrogen-bond acceptors (Lipinski definition) is 16. The van der Waals surface area contributed by atoms with Crippen molar-refractivity contribution < 1.29 is 79.9 Å². The van der Waals surface area contributed by atoms with Crippen molar-refractivity contribution in [2.45, 2.75) is 92.1 Å². The van der Waals surface area contributed by atoms with E-state index in [-0.39, 0.29) is 0 Å². The Bertz CT molecular complexity index is 637. The van der Waals surface area contributed by atoms with E-state index in [1.165, 1.54) is 0 Å². The molecule has 3 rings (SSSR count). The van der Waals surface area contributed by atoms with Crippen molar-refractivity contribution >= 4 is 0 Å². The summed E-state index contributed by atoms with van der Waals surface area (Å²) in [5.41, 5.74) is 0. The molecule has 0 saturated carbocycles. The van der Waals surface area contributed by atoms with Crippen LogP contribution in [-0.2, 0) is 23.7 Å². The van der Waals surface area contributed by atoms with Crippen LogP contribution >= 0.6 is 0 Å². The SMILES string of the molecule is OC[C@H]1O[C@@H](O[C@H]2[C@H](O)[C@@H](O)[C@H](O[C@@H]3[C@@H](O)[C@H](O)O[C@H](CO)[C@@H]3O)O[C@@H]2CO)[C@H](O)[C@@H](O)[C@H]1O. The van der Waals surface area contributed by atoms with Crippen molar-refractivity contribution in [3.05, 3.63) is 0 Å². The number of ether oxygens (including phenoxy) is 5. The molecular formula is C18H32O16. The lowest BCUT2D eigenvalue weighted by atomic mass is 9.96. The highest BCUT2D eigenvalue weighted by Gasteiger charge is 2.53. The van der Waals surface area contributed by atoms with Gasteiger partial charge in [0.25, 0.3) is 0 Å². The molecule has 16 heteroatoms. The first-order valence-electron chi connectivity index (χ1n) is 10.6. The van der Waals surface area contributed by atoms with Gasteiger partial charge in [-0.2, -0.15) is 0 Å². The third-order valence-electron chi connectivity index (χ3n) is 6.09. The van der Waals surface area contributed by atoms with Gasteiger partial charge in [-0.1, -0.05) is 0 Å². The zero-order valence-electron chi connectivity index (χ0n) is 17.7. The van der Waals surface area contributed by atoms with E-state index in [1.54, 1.807) is 0 Å². The van der Waals surface area contributed by atoms with Gasteiger partial charge in [-0.3, -0.25) is 0 Å². The van der Waals surface area contributed by atoms with Crippen LogP contribution in [0, 0.1) is 0 Å². The van der Waals surface area contributed by atoms with E-state index < -0.39 is 112 Å².